The SMILES string of the molecule is CC/C=C\C/C=C\C/C=C\CCCCCCCCCC(=O)OC(COCCC(C(=O)O)[N+](C)(C)C)COC(=O)CCCCCCCCCCCCCCCCCCCCCC. The Hall–Kier alpha value is -2.45. The molecule has 0 saturated heterocycles. The predicted octanol–water partition coefficient (Wildman–Crippen LogP) is 14.6. The highest BCUT2D eigenvalue weighted by atomic mass is 16.6. The quantitative estimate of drug-likeness (QED) is 0.0282. The van der Waals surface area contributed by atoms with Crippen LogP contribution in [0.3, 0.4) is 0 Å². The third-order valence-corrected chi connectivity index (χ3v) is 11.6. The number of hydrogen-bond donors (Lipinski definition) is 1. The monoisotopic (exact) mass is 861 g/mol. The Bertz CT molecular complexity index is 1090. The number of carbonyl (C=O) groups is 3. The largest absolute Gasteiger partial charge is 0.477 e. The van der Waals surface area contributed by atoms with Gasteiger partial charge in [0.2, 0.25) is 0 Å². The van der Waals surface area contributed by atoms with E-state index in [1.54, 1.807) is 0 Å². The van der Waals surface area contributed by atoms with E-state index in [1.807, 2.05) is 21.1 Å². The second-order valence-electron chi connectivity index (χ2n) is 18.4. The average molecular weight is 861 g/mol. The molecule has 0 rings (SSSR count). The lowest BCUT2D eigenvalue weighted by Gasteiger charge is -2.31. The van der Waals surface area contributed by atoms with Crippen molar-refractivity contribution < 1.29 is 38.2 Å². The fourth-order valence-corrected chi connectivity index (χ4v) is 7.64. The van der Waals surface area contributed by atoms with Crippen molar-refractivity contribution in [3.05, 3.63) is 36.5 Å². The molecule has 0 aliphatic carbocycles. The van der Waals surface area contributed by atoms with Gasteiger partial charge < -0.3 is 23.8 Å². The van der Waals surface area contributed by atoms with Crippen molar-refractivity contribution in [1.82, 2.24) is 0 Å². The Kier molecular flexibility index (Phi) is 42.4. The van der Waals surface area contributed by atoms with E-state index in [0.717, 1.165) is 64.2 Å². The molecule has 0 heterocycles. The van der Waals surface area contributed by atoms with Crippen molar-refractivity contribution in [3.8, 4) is 0 Å². The zero-order chi connectivity index (χ0) is 44.9. The molecule has 0 spiro atoms. The Morgan fingerprint density at radius 1 is 0.508 bits per heavy atom. The van der Waals surface area contributed by atoms with Gasteiger partial charge in [-0.2, -0.15) is 0 Å². The van der Waals surface area contributed by atoms with E-state index >= 15 is 0 Å². The van der Waals surface area contributed by atoms with E-state index in [1.165, 1.54) is 135 Å². The highest BCUT2D eigenvalue weighted by Crippen LogP contribution is 2.16. The number of unbranched alkanes of at least 4 members (excludes halogenated alkanes) is 26. The molecule has 61 heavy (non-hydrogen) atoms. The summed E-state index contributed by atoms with van der Waals surface area (Å²) in [4.78, 5) is 37.1. The number of carboxylic acid groups (broad SMARTS) is 1. The minimum absolute atomic E-state index is 0.0516. The molecule has 356 valence electrons. The molecule has 0 amide bonds. The van der Waals surface area contributed by atoms with Gasteiger partial charge in [-0.1, -0.05) is 204 Å². The zero-order valence-corrected chi connectivity index (χ0v) is 40.6. The number of ether oxygens (including phenoxy) is 3. The van der Waals surface area contributed by atoms with Crippen molar-refractivity contribution in [1.29, 1.82) is 0 Å². The smallest absolute Gasteiger partial charge is 0.362 e. The first-order valence-corrected chi connectivity index (χ1v) is 25.5. The number of rotatable bonds is 46. The van der Waals surface area contributed by atoms with E-state index < -0.39 is 18.1 Å². The molecule has 0 aromatic heterocycles. The van der Waals surface area contributed by atoms with Gasteiger partial charge in [-0.3, -0.25) is 9.59 Å². The summed E-state index contributed by atoms with van der Waals surface area (Å²) in [5, 5.41) is 9.65. The number of hydrogen-bond acceptors (Lipinski definition) is 6. The van der Waals surface area contributed by atoms with Crippen molar-refractivity contribution in [3.63, 3.8) is 0 Å². The summed E-state index contributed by atoms with van der Waals surface area (Å²) >= 11 is 0. The standard InChI is InChI=1S/C53H97NO7/c1-6-8-10-12-14-16-18-20-22-24-25-26-28-29-31-33-35-37-39-41-43-51(55)60-48-49(47-59-46-45-50(53(57)58)54(3,4)5)61-52(56)44-42-40-38-36-34-32-30-27-23-21-19-17-15-13-11-9-7-2/h9,11,15,17,21,23,49-50H,6-8,10,12-14,16,18-20,22,24-48H2,1-5H3/p+1/b11-9-,17-15-,23-21-. The maximum atomic E-state index is 12.8. The van der Waals surface area contributed by atoms with Gasteiger partial charge in [0.1, 0.15) is 6.61 Å². The third-order valence-electron chi connectivity index (χ3n) is 11.6. The maximum absolute atomic E-state index is 12.8. The maximum Gasteiger partial charge on any atom is 0.362 e. The van der Waals surface area contributed by atoms with Crippen molar-refractivity contribution in [2.75, 3.05) is 41.0 Å². The van der Waals surface area contributed by atoms with Gasteiger partial charge in [-0.05, 0) is 44.9 Å². The molecule has 0 fully saturated rings. The van der Waals surface area contributed by atoms with Crippen LogP contribution in [-0.2, 0) is 28.6 Å². The number of likely N-dealkylation sites (N-methyl/N-ethyl adjacent to an activating group) is 1. The highest BCUT2D eigenvalue weighted by molar-refractivity contribution is 5.72. The normalized spacial score (nSPS) is 13.1. The second kappa shape index (κ2) is 44.2. The summed E-state index contributed by atoms with van der Waals surface area (Å²) in [5.74, 6) is -1.47. The van der Waals surface area contributed by atoms with E-state index in [4.69, 9.17) is 14.2 Å². The Balaban J connectivity index is 4.22. The topological polar surface area (TPSA) is 99.1 Å². The van der Waals surface area contributed by atoms with Gasteiger partial charge in [0.15, 0.2) is 12.1 Å². The second-order valence-corrected chi connectivity index (χ2v) is 18.4. The number of allylic oxidation sites excluding steroid dienone is 6. The molecular formula is C53H98NO7+. The fraction of sp³-hybridized carbons (Fsp3) is 0.830. The molecule has 0 saturated carbocycles. The molecule has 8 nitrogen and oxygen atoms in total. The van der Waals surface area contributed by atoms with E-state index in [-0.39, 0.29) is 36.2 Å². The molecule has 1 N–H and O–H groups in total. The molecule has 0 aromatic rings. The first-order chi connectivity index (χ1) is 29.6. The summed E-state index contributed by atoms with van der Waals surface area (Å²) in [6.07, 6.45) is 51.9. The average Bonchev–Trinajstić information content (AvgIpc) is 3.22. The van der Waals surface area contributed by atoms with Gasteiger partial charge in [0.25, 0.3) is 0 Å². The van der Waals surface area contributed by atoms with Crippen molar-refractivity contribution >= 4 is 17.9 Å². The number of quaternary nitrogens is 1. The molecule has 0 radical (unpaired) electrons. The lowest BCUT2D eigenvalue weighted by molar-refractivity contribution is -0.887. The zero-order valence-electron chi connectivity index (χ0n) is 40.6. The van der Waals surface area contributed by atoms with Crippen LogP contribution in [0, 0.1) is 0 Å². The fourth-order valence-electron chi connectivity index (χ4n) is 7.64. The minimum atomic E-state index is -0.875. The minimum Gasteiger partial charge on any atom is -0.477 e. The van der Waals surface area contributed by atoms with Gasteiger partial charge in [0, 0.05) is 19.3 Å². The molecule has 2 unspecified atom stereocenters. The van der Waals surface area contributed by atoms with Crippen LogP contribution in [0.1, 0.15) is 232 Å². The number of aliphatic carboxylic acids is 1. The first kappa shape index (κ1) is 58.6. The number of carbonyl (C=O) groups excluding carboxylic acids is 2. The van der Waals surface area contributed by atoms with Crippen LogP contribution in [0.4, 0.5) is 0 Å². The van der Waals surface area contributed by atoms with Crippen LogP contribution in [0.5, 0.6) is 0 Å². The van der Waals surface area contributed by atoms with E-state index in [0.29, 0.717) is 19.3 Å². The van der Waals surface area contributed by atoms with Gasteiger partial charge in [0.05, 0.1) is 34.4 Å². The summed E-state index contributed by atoms with van der Waals surface area (Å²) in [6.45, 7) is 4.65. The molecule has 0 aromatic carbocycles. The van der Waals surface area contributed by atoms with Crippen molar-refractivity contribution in [2.24, 2.45) is 0 Å². The van der Waals surface area contributed by atoms with Crippen LogP contribution in [0.15, 0.2) is 36.5 Å². The molecule has 0 aliphatic rings. The summed E-state index contributed by atoms with van der Waals surface area (Å²) < 4.78 is 17.4. The molecule has 8 heteroatoms. The number of carboxylic acids is 1. The lowest BCUT2D eigenvalue weighted by Crippen LogP contribution is -2.50. The lowest BCUT2D eigenvalue weighted by atomic mass is 10.0. The first-order valence-electron chi connectivity index (χ1n) is 25.5. The third kappa shape index (κ3) is 42.6. The highest BCUT2D eigenvalue weighted by Gasteiger charge is 2.31. The Morgan fingerprint density at radius 2 is 0.918 bits per heavy atom. The van der Waals surface area contributed by atoms with Crippen LogP contribution >= 0.6 is 0 Å². The number of nitrogens with zero attached hydrogens (tertiary/aromatic N) is 1. The predicted molar refractivity (Wildman–Crippen MR) is 257 cm³/mol. The Labute approximate surface area is 376 Å². The summed E-state index contributed by atoms with van der Waals surface area (Å²) in [6, 6.07) is -0.615. The van der Waals surface area contributed by atoms with Crippen LogP contribution in [-0.4, -0.2) is 80.6 Å². The molecule has 0 bridgehead atoms. The molecule has 2 atom stereocenters. The molecule has 0 aliphatic heterocycles. The summed E-state index contributed by atoms with van der Waals surface area (Å²) in [7, 11) is 5.54. The number of esters is 2. The van der Waals surface area contributed by atoms with Crippen molar-refractivity contribution in [2.45, 2.75) is 244 Å². The van der Waals surface area contributed by atoms with Gasteiger partial charge in [-0.15, -0.1) is 0 Å². The van der Waals surface area contributed by atoms with E-state index in [2.05, 4.69) is 50.3 Å². The Morgan fingerprint density at radius 3 is 1.36 bits per heavy atom. The summed E-state index contributed by atoms with van der Waals surface area (Å²) in [5.41, 5.74) is 0. The van der Waals surface area contributed by atoms with Gasteiger partial charge >= 0.3 is 17.9 Å². The van der Waals surface area contributed by atoms with Crippen LogP contribution in [0.2, 0.25) is 0 Å². The molecular weight excluding hydrogens is 763 g/mol. The van der Waals surface area contributed by atoms with Crippen LogP contribution < -0.4 is 0 Å². The van der Waals surface area contributed by atoms with Gasteiger partial charge in [-0.25, -0.2) is 4.79 Å². The van der Waals surface area contributed by atoms with Crippen LogP contribution in [0.25, 0.3) is 0 Å². The van der Waals surface area contributed by atoms with E-state index in [9.17, 15) is 19.5 Å².